The summed E-state index contributed by atoms with van der Waals surface area (Å²) in [7, 11) is -2.19. The Balaban J connectivity index is 1.50. The Bertz CT molecular complexity index is 1800. The fraction of sp³-hybridized carbons (Fsp3) is 0.622. The first-order valence-electron chi connectivity index (χ1n) is 21.2. The van der Waals surface area contributed by atoms with Gasteiger partial charge in [-0.05, 0) is 86.5 Å². The van der Waals surface area contributed by atoms with E-state index in [9.17, 15) is 24.0 Å². The second kappa shape index (κ2) is 19.1. The van der Waals surface area contributed by atoms with Gasteiger partial charge in [0.2, 0.25) is 20.1 Å². The van der Waals surface area contributed by atoms with Crippen LogP contribution in [-0.2, 0) is 44.6 Å². The molecule has 5 bridgehead atoms. The summed E-state index contributed by atoms with van der Waals surface area (Å²) in [6, 6.07) is 4.71. The van der Waals surface area contributed by atoms with Crippen LogP contribution in [0.5, 0.6) is 5.75 Å². The Morgan fingerprint density at radius 2 is 1.81 bits per heavy atom. The molecule has 3 N–H and O–H groups in total. The van der Waals surface area contributed by atoms with E-state index in [1.165, 1.54) is 11.1 Å². The number of rotatable bonds is 7. The maximum absolute atomic E-state index is 14.6. The predicted molar refractivity (Wildman–Crippen MR) is 227 cm³/mol. The van der Waals surface area contributed by atoms with E-state index < -0.39 is 68.1 Å². The van der Waals surface area contributed by atoms with Crippen LogP contribution in [0, 0.1) is 17.8 Å². The third-order valence-electron chi connectivity index (χ3n) is 12.6. The van der Waals surface area contributed by atoms with Gasteiger partial charge in [0.15, 0.2) is 5.79 Å². The zero-order valence-corrected chi connectivity index (χ0v) is 37.5. The molecule has 4 heterocycles. The summed E-state index contributed by atoms with van der Waals surface area (Å²) < 4.78 is 25.4. The summed E-state index contributed by atoms with van der Waals surface area (Å²) in [5, 5.41) is 7.40. The number of benzene rings is 1. The number of amides is 3. The van der Waals surface area contributed by atoms with E-state index in [1.54, 1.807) is 6.92 Å². The second-order valence-electron chi connectivity index (χ2n) is 18.6. The molecule has 1 aromatic rings. The van der Waals surface area contributed by atoms with Crippen LogP contribution in [-0.4, -0.2) is 92.1 Å². The highest BCUT2D eigenvalue weighted by Gasteiger charge is 2.52. The number of hydrazine groups is 1. The summed E-state index contributed by atoms with van der Waals surface area (Å²) in [5.74, 6) is -3.01. The minimum atomic E-state index is -2.19. The van der Waals surface area contributed by atoms with Gasteiger partial charge in [0.1, 0.15) is 36.3 Å². The van der Waals surface area contributed by atoms with Crippen molar-refractivity contribution in [1.82, 2.24) is 21.1 Å². The molecule has 1 aromatic carbocycles. The summed E-state index contributed by atoms with van der Waals surface area (Å²) in [6.07, 6.45) is 10.4. The van der Waals surface area contributed by atoms with E-state index in [1.807, 2.05) is 76.3 Å². The third-order valence-corrected chi connectivity index (χ3v) is 16.9. The molecular formula is C45H66N4O9Si. The number of aldehydes is 1. The molecule has 0 spiro atoms. The zero-order valence-electron chi connectivity index (χ0n) is 36.5. The number of allylic oxidation sites excluding steroid dienone is 3. The topological polar surface area (TPSA) is 162 Å². The Morgan fingerprint density at radius 3 is 2.51 bits per heavy atom. The van der Waals surface area contributed by atoms with Crippen molar-refractivity contribution in [2.45, 2.75) is 154 Å². The molecule has 0 aliphatic carbocycles. The zero-order chi connectivity index (χ0) is 43.3. The lowest BCUT2D eigenvalue weighted by Gasteiger charge is -2.51. The SMILES string of the molecule is C/C(=C\C=O)[C@@H]1C/C=C/C=C/[C@@H]2O[C@@]3(C)CC[C@@H](C(=O)N[C@@H](C(C)C)C(=O)N[C@H](Cc4cccc(O[Si](C)(C)C(C)(C)C)c4)C(=O)N4CCC[C@H](N4)C(=O)O1)[C@H](O3)[C@@H]2C. The quantitative estimate of drug-likeness (QED) is 0.132. The van der Waals surface area contributed by atoms with Crippen molar-refractivity contribution in [3.63, 3.8) is 0 Å². The van der Waals surface area contributed by atoms with Crippen molar-refractivity contribution < 1.29 is 42.6 Å². The van der Waals surface area contributed by atoms with Gasteiger partial charge in [-0.3, -0.25) is 29.0 Å². The lowest BCUT2D eigenvalue weighted by Crippen LogP contribution is -2.63. The molecule has 0 radical (unpaired) electrons. The molecule has 3 saturated heterocycles. The van der Waals surface area contributed by atoms with Crippen molar-refractivity contribution in [3.05, 3.63) is 65.8 Å². The monoisotopic (exact) mass is 834 g/mol. The van der Waals surface area contributed by atoms with E-state index in [4.69, 9.17) is 18.6 Å². The molecule has 5 rings (SSSR count). The number of carbonyl (C=O) groups is 5. The van der Waals surface area contributed by atoms with Gasteiger partial charge in [-0.15, -0.1) is 0 Å². The van der Waals surface area contributed by atoms with E-state index in [0.717, 1.165) is 5.56 Å². The molecular weight excluding hydrogens is 769 g/mol. The van der Waals surface area contributed by atoms with Gasteiger partial charge in [-0.1, -0.05) is 78.0 Å². The van der Waals surface area contributed by atoms with Crippen molar-refractivity contribution in [2.75, 3.05) is 6.54 Å². The number of carbonyl (C=O) groups excluding carboxylic acids is 5. The summed E-state index contributed by atoms with van der Waals surface area (Å²) in [4.78, 5) is 68.3. The molecule has 0 saturated carbocycles. The minimum absolute atomic E-state index is 0.0376. The normalized spacial score (nSPS) is 32.9. The third kappa shape index (κ3) is 11.4. The average Bonchev–Trinajstić information content (AvgIpc) is 3.16. The summed E-state index contributed by atoms with van der Waals surface area (Å²) in [6.45, 7) is 20.5. The predicted octanol–water partition coefficient (Wildman–Crippen LogP) is 5.85. The van der Waals surface area contributed by atoms with Crippen molar-refractivity contribution in [1.29, 1.82) is 0 Å². The van der Waals surface area contributed by atoms with Crippen LogP contribution in [0.2, 0.25) is 18.1 Å². The van der Waals surface area contributed by atoms with Gasteiger partial charge in [0.05, 0.1) is 18.1 Å². The highest BCUT2D eigenvalue weighted by molar-refractivity contribution is 6.74. The molecule has 324 valence electrons. The van der Waals surface area contributed by atoms with Crippen LogP contribution in [0.25, 0.3) is 0 Å². The average molecular weight is 835 g/mol. The fourth-order valence-corrected chi connectivity index (χ4v) is 8.87. The molecule has 4 aliphatic heterocycles. The van der Waals surface area contributed by atoms with Crippen molar-refractivity contribution in [2.24, 2.45) is 17.8 Å². The Hall–Kier alpha value is -4.11. The highest BCUT2D eigenvalue weighted by atomic mass is 28.4. The molecule has 9 atom stereocenters. The maximum atomic E-state index is 14.6. The molecule has 3 fully saturated rings. The number of fused-ring (bicyclic) bond motifs is 4. The number of esters is 1. The smallest absolute Gasteiger partial charge is 0.325 e. The number of hydrogen-bond acceptors (Lipinski definition) is 10. The Morgan fingerprint density at radius 1 is 1.07 bits per heavy atom. The number of hydrogen-bond donors (Lipinski definition) is 3. The van der Waals surface area contributed by atoms with Crippen molar-refractivity contribution >= 4 is 38.3 Å². The van der Waals surface area contributed by atoms with Gasteiger partial charge in [-0.25, -0.2) is 5.43 Å². The first-order valence-corrected chi connectivity index (χ1v) is 24.1. The lowest BCUT2D eigenvalue weighted by atomic mass is 9.79. The Labute approximate surface area is 351 Å². The van der Waals surface area contributed by atoms with Gasteiger partial charge in [0.25, 0.3) is 5.91 Å². The standard InChI is InChI=1S/C45H66N4O9Si/c1-28(2)38-41(52)46-35(27-31-16-14-17-32(26-31)58-59(9,10)44(5,6)7)42(53)49-24-15-18-34(48-49)43(54)55-36(29(3)22-25-50)19-12-11-13-20-37-30(4)39-33(40(51)47-38)21-23-45(8,56-37)57-39/h11-14,16-17,20,22,25-26,28,30,33-39,48H,15,18-19,21,23-24,27H2,1-10H3,(H,46,52)(H,47,51)/b12-11+,20-13+,29-22+/t30-,33-,34+,35-,36+,37+,38+,39-,45-/m1/s1. The first-order chi connectivity index (χ1) is 27.7. The van der Waals surface area contributed by atoms with Crippen LogP contribution in [0.3, 0.4) is 0 Å². The molecule has 13 nitrogen and oxygen atoms in total. The molecule has 3 amide bonds. The number of nitrogens with zero attached hydrogens (tertiary/aromatic N) is 1. The maximum Gasteiger partial charge on any atom is 0.325 e. The van der Waals surface area contributed by atoms with E-state index in [2.05, 4.69) is 49.9 Å². The minimum Gasteiger partial charge on any atom is -0.543 e. The van der Waals surface area contributed by atoms with E-state index in [0.29, 0.717) is 56.3 Å². The highest BCUT2D eigenvalue weighted by Crippen LogP contribution is 2.44. The Kier molecular flexibility index (Phi) is 14.9. The van der Waals surface area contributed by atoms with Crippen LogP contribution < -0.4 is 20.5 Å². The molecule has 4 aliphatic rings. The van der Waals surface area contributed by atoms with E-state index >= 15 is 0 Å². The van der Waals surface area contributed by atoms with Gasteiger partial charge in [0, 0.05) is 31.7 Å². The summed E-state index contributed by atoms with van der Waals surface area (Å²) >= 11 is 0. The molecule has 59 heavy (non-hydrogen) atoms. The van der Waals surface area contributed by atoms with Crippen LogP contribution in [0.4, 0.5) is 0 Å². The molecule has 0 unspecified atom stereocenters. The van der Waals surface area contributed by atoms with E-state index in [-0.39, 0.29) is 35.3 Å². The lowest BCUT2D eigenvalue weighted by molar-refractivity contribution is -0.344. The fourth-order valence-electron chi connectivity index (χ4n) is 7.85. The number of ether oxygens (including phenoxy) is 3. The van der Waals surface area contributed by atoms with Crippen LogP contribution in [0.15, 0.2) is 60.2 Å². The van der Waals surface area contributed by atoms with Crippen LogP contribution in [0.1, 0.15) is 93.1 Å². The summed E-state index contributed by atoms with van der Waals surface area (Å²) in [5.41, 5.74) is 4.43. The first kappa shape index (κ1) is 46.0. The molecule has 14 heteroatoms. The van der Waals surface area contributed by atoms with Crippen molar-refractivity contribution in [3.8, 4) is 5.75 Å². The van der Waals surface area contributed by atoms with Gasteiger partial charge >= 0.3 is 5.97 Å². The van der Waals surface area contributed by atoms with Gasteiger partial charge < -0.3 is 29.3 Å². The molecule has 0 aromatic heterocycles. The number of nitrogens with one attached hydrogen (secondary N) is 3. The van der Waals surface area contributed by atoms with Crippen LogP contribution >= 0.6 is 0 Å². The largest absolute Gasteiger partial charge is 0.543 e. The second-order valence-corrected chi connectivity index (χ2v) is 23.4. The van der Waals surface area contributed by atoms with Gasteiger partial charge in [-0.2, -0.15) is 0 Å². The number of cyclic esters (lactones) is 1.